The van der Waals surface area contributed by atoms with Gasteiger partial charge in [0.25, 0.3) is 0 Å². The van der Waals surface area contributed by atoms with Crippen LogP contribution in [-0.4, -0.2) is 6.03 Å². The van der Waals surface area contributed by atoms with Gasteiger partial charge in [-0.15, -0.1) is 0 Å². The van der Waals surface area contributed by atoms with Crippen LogP contribution in [0.15, 0.2) is 36.0 Å². The summed E-state index contributed by atoms with van der Waals surface area (Å²) < 4.78 is 0. The van der Waals surface area contributed by atoms with Crippen molar-refractivity contribution in [1.29, 1.82) is 0 Å². The van der Waals surface area contributed by atoms with Crippen molar-refractivity contribution in [1.82, 2.24) is 5.32 Å². The molecule has 0 atom stereocenters. The fraction of sp³-hybridized carbons (Fsp3) is 0.400. The number of allylic oxidation sites excluding steroid dienone is 1. The number of hydrogen-bond donors (Lipinski definition) is 2. The largest absolute Gasteiger partial charge is 0.323 e. The lowest BCUT2D eigenvalue weighted by Gasteiger charge is -2.19. The van der Waals surface area contributed by atoms with E-state index in [1.54, 1.807) is 6.20 Å². The molecule has 0 heterocycles. The number of benzene rings is 1. The van der Waals surface area contributed by atoms with Gasteiger partial charge < -0.3 is 10.6 Å². The molecule has 0 spiro atoms. The molecule has 0 fully saturated rings. The Balaban J connectivity index is 2.58. The first-order chi connectivity index (χ1) is 8.29. The van der Waals surface area contributed by atoms with Crippen LogP contribution in [0.25, 0.3) is 0 Å². The Kier molecular flexibility index (Phi) is 4.54. The summed E-state index contributed by atoms with van der Waals surface area (Å²) in [5, 5.41) is 5.54. The molecule has 1 aromatic carbocycles. The summed E-state index contributed by atoms with van der Waals surface area (Å²) in [7, 11) is 0. The Morgan fingerprint density at radius 2 is 1.94 bits per heavy atom. The Bertz CT molecular complexity index is 456. The van der Waals surface area contributed by atoms with Gasteiger partial charge in [0.05, 0.1) is 0 Å². The fourth-order valence-corrected chi connectivity index (χ4v) is 1.28. The van der Waals surface area contributed by atoms with Gasteiger partial charge in [-0.2, -0.15) is 0 Å². The van der Waals surface area contributed by atoms with Crippen molar-refractivity contribution >= 4 is 11.7 Å². The second-order valence-corrected chi connectivity index (χ2v) is 5.55. The molecule has 0 radical (unpaired) electrons. The minimum Gasteiger partial charge on any atom is -0.314 e. The highest BCUT2D eigenvalue weighted by atomic mass is 16.2. The summed E-state index contributed by atoms with van der Waals surface area (Å²) in [4.78, 5) is 11.7. The van der Waals surface area contributed by atoms with Gasteiger partial charge >= 0.3 is 6.03 Å². The lowest BCUT2D eigenvalue weighted by atomic mass is 9.88. The third-order valence-corrected chi connectivity index (χ3v) is 2.88. The van der Waals surface area contributed by atoms with Crippen molar-refractivity contribution in [2.75, 3.05) is 5.32 Å². The third-order valence-electron chi connectivity index (χ3n) is 2.88. The SMILES string of the molecule is C/C(=C\NC(=O)Nc1cccc(C)c1)C(C)(C)C. The van der Waals surface area contributed by atoms with Crippen LogP contribution in [0.5, 0.6) is 0 Å². The molecule has 0 saturated carbocycles. The second kappa shape index (κ2) is 5.71. The van der Waals surface area contributed by atoms with Gasteiger partial charge in [0.1, 0.15) is 0 Å². The minimum absolute atomic E-state index is 0.0661. The van der Waals surface area contributed by atoms with E-state index in [1.165, 1.54) is 0 Å². The van der Waals surface area contributed by atoms with Gasteiger partial charge in [0.15, 0.2) is 0 Å². The molecular formula is C15H22N2O. The third kappa shape index (κ3) is 4.62. The molecule has 3 heteroatoms. The predicted octanol–water partition coefficient (Wildman–Crippen LogP) is 4.07. The van der Waals surface area contributed by atoms with Crippen LogP contribution >= 0.6 is 0 Å². The zero-order chi connectivity index (χ0) is 13.8. The van der Waals surface area contributed by atoms with E-state index in [0.717, 1.165) is 16.8 Å². The number of amides is 2. The molecule has 0 saturated heterocycles. The summed E-state index contributed by atoms with van der Waals surface area (Å²) in [5.74, 6) is 0. The maximum absolute atomic E-state index is 11.7. The molecule has 0 unspecified atom stereocenters. The van der Waals surface area contributed by atoms with E-state index in [2.05, 4.69) is 31.4 Å². The molecule has 0 bridgehead atoms. The first-order valence-electron chi connectivity index (χ1n) is 6.10. The average molecular weight is 246 g/mol. The van der Waals surface area contributed by atoms with Crippen LogP contribution in [0.2, 0.25) is 0 Å². The van der Waals surface area contributed by atoms with Gasteiger partial charge in [0.2, 0.25) is 0 Å². The summed E-state index contributed by atoms with van der Waals surface area (Å²) in [5.41, 5.74) is 3.11. The average Bonchev–Trinajstić information content (AvgIpc) is 2.24. The number of urea groups is 1. The van der Waals surface area contributed by atoms with E-state index in [1.807, 2.05) is 38.1 Å². The fourth-order valence-electron chi connectivity index (χ4n) is 1.28. The van der Waals surface area contributed by atoms with Crippen LogP contribution < -0.4 is 10.6 Å². The van der Waals surface area contributed by atoms with E-state index < -0.39 is 0 Å². The first-order valence-corrected chi connectivity index (χ1v) is 6.10. The number of hydrogen-bond acceptors (Lipinski definition) is 1. The van der Waals surface area contributed by atoms with E-state index in [0.29, 0.717) is 0 Å². The van der Waals surface area contributed by atoms with Crippen molar-refractivity contribution in [2.45, 2.75) is 34.6 Å². The molecule has 0 aliphatic rings. The molecule has 2 N–H and O–H groups in total. The summed E-state index contributed by atoms with van der Waals surface area (Å²) in [6.45, 7) is 10.3. The number of aryl methyl sites for hydroxylation is 1. The summed E-state index contributed by atoms with van der Waals surface area (Å²) in [6.07, 6.45) is 1.76. The Morgan fingerprint density at radius 1 is 1.28 bits per heavy atom. The van der Waals surface area contributed by atoms with Crippen molar-refractivity contribution in [2.24, 2.45) is 5.41 Å². The van der Waals surface area contributed by atoms with Crippen molar-refractivity contribution in [3.05, 3.63) is 41.6 Å². The highest BCUT2D eigenvalue weighted by Gasteiger charge is 2.12. The van der Waals surface area contributed by atoms with Crippen LogP contribution in [0.4, 0.5) is 10.5 Å². The zero-order valence-corrected chi connectivity index (χ0v) is 11.8. The molecule has 3 nitrogen and oxygen atoms in total. The van der Waals surface area contributed by atoms with E-state index in [9.17, 15) is 4.79 Å². The zero-order valence-electron chi connectivity index (χ0n) is 11.8. The van der Waals surface area contributed by atoms with Gasteiger partial charge in [-0.25, -0.2) is 4.79 Å². The molecule has 98 valence electrons. The topological polar surface area (TPSA) is 41.1 Å². The molecule has 0 aliphatic heterocycles. The minimum atomic E-state index is -0.218. The standard InChI is InChI=1S/C15H22N2O/c1-11-7-6-8-13(9-11)17-14(18)16-10-12(2)15(3,4)5/h6-10H,1-5H3,(H2,16,17,18)/b12-10+. The maximum Gasteiger partial charge on any atom is 0.323 e. The van der Waals surface area contributed by atoms with Crippen LogP contribution in [0, 0.1) is 12.3 Å². The van der Waals surface area contributed by atoms with Crippen molar-refractivity contribution < 1.29 is 4.79 Å². The molecular weight excluding hydrogens is 224 g/mol. The van der Waals surface area contributed by atoms with Gasteiger partial charge in [0, 0.05) is 11.9 Å². The molecule has 1 rings (SSSR count). The van der Waals surface area contributed by atoms with Crippen molar-refractivity contribution in [3.63, 3.8) is 0 Å². The lowest BCUT2D eigenvalue weighted by molar-refractivity contribution is 0.255. The van der Waals surface area contributed by atoms with Crippen LogP contribution in [0.1, 0.15) is 33.3 Å². The van der Waals surface area contributed by atoms with Crippen LogP contribution in [0.3, 0.4) is 0 Å². The summed E-state index contributed by atoms with van der Waals surface area (Å²) >= 11 is 0. The number of carbonyl (C=O) groups excluding carboxylic acids is 1. The maximum atomic E-state index is 11.7. The second-order valence-electron chi connectivity index (χ2n) is 5.55. The Morgan fingerprint density at radius 3 is 2.50 bits per heavy atom. The lowest BCUT2D eigenvalue weighted by Crippen LogP contribution is -2.25. The van der Waals surface area contributed by atoms with Gasteiger partial charge in [-0.1, -0.05) is 38.5 Å². The van der Waals surface area contributed by atoms with Crippen LogP contribution in [-0.2, 0) is 0 Å². The van der Waals surface area contributed by atoms with E-state index >= 15 is 0 Å². The molecule has 0 aromatic heterocycles. The predicted molar refractivity (Wildman–Crippen MR) is 76.5 cm³/mol. The molecule has 1 aromatic rings. The van der Waals surface area contributed by atoms with E-state index in [4.69, 9.17) is 0 Å². The number of anilines is 1. The Labute approximate surface area is 109 Å². The number of rotatable bonds is 2. The quantitative estimate of drug-likeness (QED) is 0.811. The summed E-state index contributed by atoms with van der Waals surface area (Å²) in [6, 6.07) is 7.49. The van der Waals surface area contributed by atoms with Crippen molar-refractivity contribution in [3.8, 4) is 0 Å². The first kappa shape index (κ1) is 14.3. The molecule has 18 heavy (non-hydrogen) atoms. The number of nitrogens with one attached hydrogen (secondary N) is 2. The normalized spacial score (nSPS) is 12.2. The smallest absolute Gasteiger partial charge is 0.314 e. The van der Waals surface area contributed by atoms with Gasteiger partial charge in [-0.3, -0.25) is 0 Å². The number of carbonyl (C=O) groups is 1. The molecule has 2 amide bonds. The van der Waals surface area contributed by atoms with E-state index in [-0.39, 0.29) is 11.4 Å². The molecule has 0 aliphatic carbocycles. The highest BCUT2D eigenvalue weighted by molar-refractivity contribution is 5.89. The Hall–Kier alpha value is -1.77. The monoisotopic (exact) mass is 246 g/mol. The highest BCUT2D eigenvalue weighted by Crippen LogP contribution is 2.23. The van der Waals surface area contributed by atoms with Gasteiger partial charge in [-0.05, 0) is 37.0 Å².